The Hall–Kier alpha value is -1.68. The van der Waals surface area contributed by atoms with Gasteiger partial charge in [-0.1, -0.05) is 6.07 Å². The predicted molar refractivity (Wildman–Crippen MR) is 79.6 cm³/mol. The van der Waals surface area contributed by atoms with Crippen LogP contribution in [0.2, 0.25) is 0 Å². The van der Waals surface area contributed by atoms with E-state index in [1.807, 2.05) is 19.3 Å². The number of aromatic nitrogens is 3. The third kappa shape index (κ3) is 3.07. The van der Waals surface area contributed by atoms with Gasteiger partial charge >= 0.3 is 0 Å². The summed E-state index contributed by atoms with van der Waals surface area (Å²) in [6.07, 6.45) is 6.40. The van der Waals surface area contributed by atoms with Crippen molar-refractivity contribution in [3.05, 3.63) is 47.3 Å². The molecule has 2 aromatic heterocycles. The Balaban J connectivity index is 1.64. The highest BCUT2D eigenvalue weighted by Crippen LogP contribution is 2.25. The Morgan fingerprint density at radius 3 is 2.85 bits per heavy atom. The topological polar surface area (TPSA) is 44.8 Å². The molecule has 1 fully saturated rings. The first-order chi connectivity index (χ1) is 9.70. The molecule has 0 aromatic carbocycles. The lowest BCUT2D eigenvalue weighted by Crippen LogP contribution is -2.34. The van der Waals surface area contributed by atoms with Gasteiger partial charge in [0, 0.05) is 42.8 Å². The fraction of sp³-hybridized carbons (Fsp3) is 0.500. The summed E-state index contributed by atoms with van der Waals surface area (Å²) in [7, 11) is 0. The minimum absolute atomic E-state index is 0.538. The van der Waals surface area contributed by atoms with Crippen molar-refractivity contribution in [2.24, 2.45) is 0 Å². The maximum absolute atomic E-state index is 4.50. The van der Waals surface area contributed by atoms with Crippen LogP contribution in [-0.4, -0.2) is 32.9 Å². The number of H-pyrrole nitrogens is 1. The summed E-state index contributed by atoms with van der Waals surface area (Å²) in [5.74, 6) is 1.69. The number of aromatic amines is 1. The zero-order valence-electron chi connectivity index (χ0n) is 12.3. The van der Waals surface area contributed by atoms with E-state index in [2.05, 4.69) is 38.9 Å². The molecule has 4 nitrogen and oxygen atoms in total. The highest BCUT2D eigenvalue weighted by molar-refractivity contribution is 5.13. The summed E-state index contributed by atoms with van der Waals surface area (Å²) >= 11 is 0. The van der Waals surface area contributed by atoms with Crippen molar-refractivity contribution >= 4 is 0 Å². The fourth-order valence-electron chi connectivity index (χ4n) is 2.91. The Morgan fingerprint density at radius 2 is 2.15 bits per heavy atom. The molecule has 1 saturated heterocycles. The van der Waals surface area contributed by atoms with Crippen LogP contribution in [0.3, 0.4) is 0 Å². The van der Waals surface area contributed by atoms with Gasteiger partial charge in [0.15, 0.2) is 0 Å². The zero-order valence-corrected chi connectivity index (χ0v) is 12.3. The van der Waals surface area contributed by atoms with Crippen molar-refractivity contribution in [2.45, 2.75) is 39.2 Å². The van der Waals surface area contributed by atoms with Gasteiger partial charge in [0.25, 0.3) is 0 Å². The number of pyridine rings is 1. The Labute approximate surface area is 120 Å². The number of hydrogen-bond acceptors (Lipinski definition) is 3. The molecule has 0 aliphatic carbocycles. The van der Waals surface area contributed by atoms with Gasteiger partial charge in [-0.25, -0.2) is 4.98 Å². The average Bonchev–Trinajstić information content (AvgIpc) is 2.89. The third-order valence-electron chi connectivity index (χ3n) is 3.99. The second-order valence-electron chi connectivity index (χ2n) is 5.83. The molecule has 1 aliphatic heterocycles. The number of piperidine rings is 1. The van der Waals surface area contributed by atoms with E-state index in [-0.39, 0.29) is 0 Å². The molecular weight excluding hydrogens is 248 g/mol. The Morgan fingerprint density at radius 1 is 1.25 bits per heavy atom. The van der Waals surface area contributed by atoms with Crippen molar-refractivity contribution in [2.75, 3.05) is 13.1 Å². The number of rotatable bonds is 3. The van der Waals surface area contributed by atoms with Crippen LogP contribution in [0.1, 0.15) is 41.5 Å². The van der Waals surface area contributed by atoms with Gasteiger partial charge in [0.05, 0.1) is 0 Å². The predicted octanol–water partition coefficient (Wildman–Crippen LogP) is 2.80. The van der Waals surface area contributed by atoms with Gasteiger partial charge in [-0.3, -0.25) is 9.88 Å². The molecule has 4 heteroatoms. The molecule has 0 amide bonds. The third-order valence-corrected chi connectivity index (χ3v) is 3.99. The number of likely N-dealkylation sites (tertiary alicyclic amines) is 1. The van der Waals surface area contributed by atoms with E-state index in [4.69, 9.17) is 0 Å². The summed E-state index contributed by atoms with van der Waals surface area (Å²) in [5, 5.41) is 0. The number of nitrogens with zero attached hydrogens (tertiary/aromatic N) is 3. The van der Waals surface area contributed by atoms with E-state index in [0.717, 1.165) is 30.3 Å². The standard InChI is InChI=1S/C16H22N4/c1-12-5-6-14(9-17-12)10-20-7-3-4-15(11-20)16-18-8-13(2)19-16/h5-6,8-9,15H,3-4,7,10-11H2,1-2H3,(H,18,19). The molecule has 2 aromatic rings. The minimum atomic E-state index is 0.538. The number of nitrogens with one attached hydrogen (secondary N) is 1. The average molecular weight is 270 g/mol. The van der Waals surface area contributed by atoms with E-state index in [1.54, 1.807) is 0 Å². The van der Waals surface area contributed by atoms with Crippen LogP contribution in [0.4, 0.5) is 0 Å². The van der Waals surface area contributed by atoms with E-state index < -0.39 is 0 Å². The normalized spacial score (nSPS) is 20.2. The minimum Gasteiger partial charge on any atom is -0.346 e. The first-order valence-electron chi connectivity index (χ1n) is 7.36. The van der Waals surface area contributed by atoms with Gasteiger partial charge in [0.2, 0.25) is 0 Å². The van der Waals surface area contributed by atoms with Crippen LogP contribution in [0.5, 0.6) is 0 Å². The molecular formula is C16H22N4. The molecule has 0 spiro atoms. The largest absolute Gasteiger partial charge is 0.346 e. The quantitative estimate of drug-likeness (QED) is 0.932. The molecule has 1 N–H and O–H groups in total. The summed E-state index contributed by atoms with van der Waals surface area (Å²) in [4.78, 5) is 14.8. The highest BCUT2D eigenvalue weighted by Gasteiger charge is 2.23. The van der Waals surface area contributed by atoms with Crippen molar-refractivity contribution in [1.29, 1.82) is 0 Å². The highest BCUT2D eigenvalue weighted by atomic mass is 15.1. The van der Waals surface area contributed by atoms with Gasteiger partial charge in [-0.05, 0) is 44.9 Å². The molecule has 1 aliphatic rings. The molecule has 3 heterocycles. The van der Waals surface area contributed by atoms with Gasteiger partial charge in [0.1, 0.15) is 5.82 Å². The van der Waals surface area contributed by atoms with Crippen molar-refractivity contribution in [3.63, 3.8) is 0 Å². The van der Waals surface area contributed by atoms with Crippen LogP contribution in [-0.2, 0) is 6.54 Å². The van der Waals surface area contributed by atoms with E-state index >= 15 is 0 Å². The SMILES string of the molecule is Cc1ccc(CN2CCCC(c3ncc(C)[nH]3)C2)cn1. The van der Waals surface area contributed by atoms with E-state index in [1.165, 1.54) is 24.9 Å². The molecule has 106 valence electrons. The smallest absolute Gasteiger partial charge is 0.110 e. The van der Waals surface area contributed by atoms with Crippen LogP contribution in [0.15, 0.2) is 24.5 Å². The molecule has 1 atom stereocenters. The Kier molecular flexibility index (Phi) is 3.83. The van der Waals surface area contributed by atoms with Gasteiger partial charge < -0.3 is 4.98 Å². The van der Waals surface area contributed by atoms with Crippen molar-refractivity contribution in [3.8, 4) is 0 Å². The maximum atomic E-state index is 4.50. The Bertz CT molecular complexity index is 558. The van der Waals surface area contributed by atoms with E-state index in [9.17, 15) is 0 Å². The number of hydrogen-bond donors (Lipinski definition) is 1. The summed E-state index contributed by atoms with van der Waals surface area (Å²) < 4.78 is 0. The lowest BCUT2D eigenvalue weighted by Gasteiger charge is -2.31. The summed E-state index contributed by atoms with van der Waals surface area (Å²) in [6, 6.07) is 4.27. The fourth-order valence-corrected chi connectivity index (χ4v) is 2.91. The first-order valence-corrected chi connectivity index (χ1v) is 7.36. The van der Waals surface area contributed by atoms with Gasteiger partial charge in [-0.15, -0.1) is 0 Å². The van der Waals surface area contributed by atoms with Crippen LogP contribution >= 0.6 is 0 Å². The van der Waals surface area contributed by atoms with Crippen LogP contribution in [0.25, 0.3) is 0 Å². The lowest BCUT2D eigenvalue weighted by molar-refractivity contribution is 0.197. The monoisotopic (exact) mass is 270 g/mol. The second kappa shape index (κ2) is 5.75. The van der Waals surface area contributed by atoms with Crippen LogP contribution in [0, 0.1) is 13.8 Å². The summed E-state index contributed by atoms with van der Waals surface area (Å²) in [6.45, 7) is 7.34. The number of aryl methyl sites for hydroxylation is 2. The molecule has 1 unspecified atom stereocenters. The first kappa shape index (κ1) is 13.3. The molecule has 20 heavy (non-hydrogen) atoms. The lowest BCUT2D eigenvalue weighted by atomic mass is 9.97. The van der Waals surface area contributed by atoms with Gasteiger partial charge in [-0.2, -0.15) is 0 Å². The second-order valence-corrected chi connectivity index (χ2v) is 5.83. The van der Waals surface area contributed by atoms with Crippen molar-refractivity contribution in [1.82, 2.24) is 19.9 Å². The zero-order chi connectivity index (χ0) is 13.9. The van der Waals surface area contributed by atoms with Crippen molar-refractivity contribution < 1.29 is 0 Å². The van der Waals surface area contributed by atoms with Crippen LogP contribution < -0.4 is 0 Å². The molecule has 3 rings (SSSR count). The molecule has 0 saturated carbocycles. The maximum Gasteiger partial charge on any atom is 0.110 e. The summed E-state index contributed by atoms with van der Waals surface area (Å²) in [5.41, 5.74) is 3.53. The molecule has 0 radical (unpaired) electrons. The van der Waals surface area contributed by atoms with E-state index in [0.29, 0.717) is 5.92 Å². The molecule has 0 bridgehead atoms. The number of imidazole rings is 1.